The third kappa shape index (κ3) is 8.45. The molecule has 2 aromatic rings. The largest absolute Gasteiger partial charge is 0.458 e. The maximum Gasteiger partial charge on any atom is 0.347 e. The molecule has 0 saturated carbocycles. The molecule has 0 bridgehead atoms. The molecular weight excluding hydrogens is 499 g/mol. The lowest BCUT2D eigenvalue weighted by molar-refractivity contribution is -0.384. The van der Waals surface area contributed by atoms with Gasteiger partial charge in [-0.3, -0.25) is 19.7 Å². The number of nitrogens with one attached hydrogen (secondary N) is 1. The van der Waals surface area contributed by atoms with Gasteiger partial charge in [0.05, 0.1) is 4.92 Å². The summed E-state index contributed by atoms with van der Waals surface area (Å²) in [5, 5.41) is 17.1. The zero-order valence-corrected chi connectivity index (χ0v) is 18.4. The maximum absolute atomic E-state index is 11.7. The van der Waals surface area contributed by atoms with E-state index in [0.29, 0.717) is 5.56 Å². The van der Waals surface area contributed by atoms with Crippen molar-refractivity contribution in [2.24, 2.45) is 5.16 Å². The number of rotatable bonds is 10. The summed E-state index contributed by atoms with van der Waals surface area (Å²) in [6, 6.07) is 5.44. The summed E-state index contributed by atoms with van der Waals surface area (Å²) >= 11 is 11.8. The lowest BCUT2D eigenvalue weighted by atomic mass is 10.2. The van der Waals surface area contributed by atoms with E-state index in [1.54, 1.807) is 0 Å². The van der Waals surface area contributed by atoms with Crippen LogP contribution >= 0.6 is 46.9 Å². The minimum atomic E-state index is -0.991. The monoisotopic (exact) mass is 510 g/mol. The highest BCUT2D eigenvalue weighted by atomic mass is 35.5. The van der Waals surface area contributed by atoms with Crippen molar-refractivity contribution in [3.8, 4) is 0 Å². The highest BCUT2D eigenvalue weighted by molar-refractivity contribution is 7.14. The SMILES string of the molecule is Cl.O=C(CCl)Nc1nc(C(=NOCC(=O)OCc2ccc([N+](=O)[O-])cc2)C(=O)Cl)cs1. The van der Waals surface area contributed by atoms with Gasteiger partial charge in [-0.05, 0) is 29.3 Å². The average Bonchev–Trinajstić information content (AvgIpc) is 3.17. The summed E-state index contributed by atoms with van der Waals surface area (Å²) in [7, 11) is 0. The number of thiazole rings is 1. The van der Waals surface area contributed by atoms with Gasteiger partial charge in [0.2, 0.25) is 12.5 Å². The molecule has 1 heterocycles. The molecule has 1 N–H and O–H groups in total. The Bertz CT molecular complexity index is 982. The second-order valence-electron chi connectivity index (χ2n) is 5.29. The number of alkyl halides is 1. The molecule has 0 unspecified atom stereocenters. The van der Waals surface area contributed by atoms with E-state index in [2.05, 4.69) is 15.5 Å². The van der Waals surface area contributed by atoms with E-state index in [1.165, 1.54) is 29.6 Å². The molecule has 0 aliphatic rings. The van der Waals surface area contributed by atoms with Gasteiger partial charge in [0, 0.05) is 17.5 Å². The van der Waals surface area contributed by atoms with Crippen molar-refractivity contribution >= 4 is 80.6 Å². The summed E-state index contributed by atoms with van der Waals surface area (Å²) in [5.74, 6) is -1.55. The lowest BCUT2D eigenvalue weighted by Gasteiger charge is -2.04. The zero-order chi connectivity index (χ0) is 22.1. The quantitative estimate of drug-likeness (QED) is 0.128. The number of hydrogen-bond acceptors (Lipinski definition) is 10. The predicted octanol–water partition coefficient (Wildman–Crippen LogP) is 2.88. The number of anilines is 1. The molecule has 0 saturated heterocycles. The Labute approximate surface area is 194 Å². The number of hydrogen-bond donors (Lipinski definition) is 1. The maximum atomic E-state index is 11.7. The fourth-order valence-corrected chi connectivity index (χ4v) is 2.75. The van der Waals surface area contributed by atoms with Crippen LogP contribution in [-0.2, 0) is 30.6 Å². The Morgan fingerprint density at radius 2 is 1.94 bits per heavy atom. The first-order valence-electron chi connectivity index (χ1n) is 7.90. The van der Waals surface area contributed by atoms with Crippen molar-refractivity contribution in [1.29, 1.82) is 0 Å². The first-order valence-corrected chi connectivity index (χ1v) is 9.69. The minimum Gasteiger partial charge on any atom is -0.458 e. The van der Waals surface area contributed by atoms with Crippen LogP contribution in [-0.4, -0.2) is 45.2 Å². The number of oxime groups is 1. The molecule has 1 aromatic carbocycles. The molecule has 1 aromatic heterocycles. The van der Waals surface area contributed by atoms with Gasteiger partial charge in [0.25, 0.3) is 10.9 Å². The summed E-state index contributed by atoms with van der Waals surface area (Å²) in [6.45, 7) is -0.762. The van der Waals surface area contributed by atoms with Crippen LogP contribution in [0.25, 0.3) is 0 Å². The van der Waals surface area contributed by atoms with E-state index < -0.39 is 28.6 Å². The molecule has 15 heteroatoms. The average molecular weight is 512 g/mol. The van der Waals surface area contributed by atoms with Crippen LogP contribution in [0.3, 0.4) is 0 Å². The molecular formula is C16H13Cl3N4O7S. The molecule has 2 rings (SSSR count). The van der Waals surface area contributed by atoms with Gasteiger partial charge < -0.3 is 14.9 Å². The second-order valence-corrected chi connectivity index (χ2v) is 6.76. The number of nitrogens with zero attached hydrogens (tertiary/aromatic N) is 3. The number of carbonyl (C=O) groups excluding carboxylic acids is 3. The van der Waals surface area contributed by atoms with Gasteiger partial charge in [0.15, 0.2) is 10.8 Å². The minimum absolute atomic E-state index is 0. The summed E-state index contributed by atoms with van der Waals surface area (Å²) in [5.41, 5.74) is 0.100. The third-order valence-corrected chi connectivity index (χ3v) is 4.37. The predicted molar refractivity (Wildman–Crippen MR) is 115 cm³/mol. The van der Waals surface area contributed by atoms with Crippen molar-refractivity contribution in [2.45, 2.75) is 6.61 Å². The number of nitro benzene ring substituents is 1. The summed E-state index contributed by atoms with van der Waals surface area (Å²) in [6.07, 6.45) is 0. The zero-order valence-electron chi connectivity index (χ0n) is 15.3. The normalized spacial score (nSPS) is 10.6. The van der Waals surface area contributed by atoms with Crippen molar-refractivity contribution in [3.05, 3.63) is 51.0 Å². The van der Waals surface area contributed by atoms with Crippen molar-refractivity contribution in [2.75, 3.05) is 17.8 Å². The van der Waals surface area contributed by atoms with Crippen LogP contribution in [0.5, 0.6) is 0 Å². The number of nitro groups is 1. The molecule has 0 radical (unpaired) electrons. The fraction of sp³-hybridized carbons (Fsp3) is 0.188. The van der Waals surface area contributed by atoms with E-state index >= 15 is 0 Å². The number of aromatic nitrogens is 1. The van der Waals surface area contributed by atoms with Gasteiger partial charge in [0.1, 0.15) is 18.2 Å². The first-order chi connectivity index (χ1) is 14.3. The lowest BCUT2D eigenvalue weighted by Crippen LogP contribution is -2.15. The Morgan fingerprint density at radius 3 is 2.52 bits per heavy atom. The molecule has 1 amide bonds. The molecule has 0 spiro atoms. The summed E-state index contributed by atoms with van der Waals surface area (Å²) < 4.78 is 4.94. The van der Waals surface area contributed by atoms with Crippen LogP contribution in [0.4, 0.5) is 10.8 Å². The van der Waals surface area contributed by atoms with Gasteiger partial charge in [-0.15, -0.1) is 35.3 Å². The van der Waals surface area contributed by atoms with Gasteiger partial charge in [-0.1, -0.05) is 5.16 Å². The third-order valence-electron chi connectivity index (χ3n) is 3.19. The molecule has 31 heavy (non-hydrogen) atoms. The van der Waals surface area contributed by atoms with E-state index in [-0.39, 0.29) is 47.1 Å². The number of non-ortho nitro benzene ring substituents is 1. The number of benzene rings is 1. The van der Waals surface area contributed by atoms with Gasteiger partial charge in [-0.25, -0.2) is 9.78 Å². The molecule has 0 aliphatic carbocycles. The van der Waals surface area contributed by atoms with E-state index in [0.717, 1.165) is 11.3 Å². The summed E-state index contributed by atoms with van der Waals surface area (Å²) in [4.78, 5) is 53.3. The van der Waals surface area contributed by atoms with E-state index in [4.69, 9.17) is 32.8 Å². The number of ether oxygens (including phenoxy) is 1. The van der Waals surface area contributed by atoms with Crippen LogP contribution < -0.4 is 5.32 Å². The Kier molecular flexibility index (Phi) is 10.8. The highest BCUT2D eigenvalue weighted by Crippen LogP contribution is 2.17. The first kappa shape index (κ1) is 26.2. The number of esters is 1. The van der Waals surface area contributed by atoms with Crippen molar-refractivity contribution in [1.82, 2.24) is 4.98 Å². The smallest absolute Gasteiger partial charge is 0.347 e. The topological polar surface area (TPSA) is 150 Å². The van der Waals surface area contributed by atoms with Crippen LogP contribution in [0.15, 0.2) is 34.8 Å². The van der Waals surface area contributed by atoms with Crippen LogP contribution in [0.1, 0.15) is 11.3 Å². The van der Waals surface area contributed by atoms with Crippen LogP contribution in [0.2, 0.25) is 0 Å². The Hall–Kier alpha value is -2.80. The second kappa shape index (κ2) is 12.8. The molecule has 166 valence electrons. The number of halogens is 3. The van der Waals surface area contributed by atoms with E-state index in [9.17, 15) is 24.5 Å². The van der Waals surface area contributed by atoms with Crippen LogP contribution in [0, 0.1) is 10.1 Å². The Balaban J connectivity index is 0.00000480. The molecule has 0 atom stereocenters. The standard InChI is InChI=1S/C16H12Cl2N4O7S.ClH/c17-5-12(23)20-16-19-11(8-30-16)14(15(18)25)21-29-7-13(24)28-6-9-1-3-10(4-2-9)22(26)27;/h1-4,8H,5-7H2,(H,19,20,23);1H. The number of amides is 1. The van der Waals surface area contributed by atoms with Crippen molar-refractivity contribution in [3.63, 3.8) is 0 Å². The van der Waals surface area contributed by atoms with Crippen molar-refractivity contribution < 1.29 is 28.9 Å². The molecule has 11 nitrogen and oxygen atoms in total. The van der Waals surface area contributed by atoms with E-state index in [1.807, 2.05) is 0 Å². The fourth-order valence-electron chi connectivity index (χ4n) is 1.84. The highest BCUT2D eigenvalue weighted by Gasteiger charge is 2.18. The molecule has 0 fully saturated rings. The van der Waals surface area contributed by atoms with Gasteiger partial charge >= 0.3 is 5.97 Å². The Morgan fingerprint density at radius 1 is 1.26 bits per heavy atom. The number of carbonyl (C=O) groups is 3. The van der Waals surface area contributed by atoms with Gasteiger partial charge in [-0.2, -0.15) is 0 Å². The molecule has 0 aliphatic heterocycles.